The molecular weight excluding hydrogens is 232 g/mol. The third-order valence-corrected chi connectivity index (χ3v) is 3.44. The molecule has 18 heavy (non-hydrogen) atoms. The van der Waals surface area contributed by atoms with E-state index in [1.165, 1.54) is 18.6 Å². The van der Waals surface area contributed by atoms with Gasteiger partial charge in [-0.25, -0.2) is 4.98 Å². The van der Waals surface area contributed by atoms with Crippen LogP contribution in [0.1, 0.15) is 26.7 Å². The number of hydrogen-bond acceptors (Lipinski definition) is 5. The molecule has 0 radical (unpaired) electrons. The molecule has 1 saturated heterocycles. The maximum Gasteiger partial charge on any atom is 0.276 e. The second-order valence-electron chi connectivity index (χ2n) is 5.05. The van der Waals surface area contributed by atoms with Crippen molar-refractivity contribution in [2.75, 3.05) is 17.2 Å². The second kappa shape index (κ2) is 4.80. The quantitative estimate of drug-likeness (QED) is 0.642. The Morgan fingerprint density at radius 3 is 2.83 bits per heavy atom. The van der Waals surface area contributed by atoms with Crippen molar-refractivity contribution in [3.8, 4) is 0 Å². The maximum atomic E-state index is 10.8. The lowest BCUT2D eigenvalue weighted by atomic mass is 9.95. The fourth-order valence-corrected chi connectivity index (χ4v) is 2.38. The second-order valence-corrected chi connectivity index (χ2v) is 5.05. The third kappa shape index (κ3) is 2.52. The molecule has 6 nitrogen and oxygen atoms in total. The molecule has 2 unspecified atom stereocenters. The first-order valence-electron chi connectivity index (χ1n) is 6.16. The van der Waals surface area contributed by atoms with Crippen LogP contribution in [-0.2, 0) is 0 Å². The van der Waals surface area contributed by atoms with Crippen LogP contribution in [0.25, 0.3) is 0 Å². The van der Waals surface area contributed by atoms with Gasteiger partial charge in [-0.2, -0.15) is 0 Å². The Balaban J connectivity index is 2.34. The van der Waals surface area contributed by atoms with Crippen LogP contribution in [0, 0.1) is 16.0 Å². The molecule has 0 spiro atoms. The zero-order valence-corrected chi connectivity index (χ0v) is 10.7. The number of anilines is 2. The highest BCUT2D eigenvalue weighted by Crippen LogP contribution is 2.29. The molecular formula is C12H18N4O2. The summed E-state index contributed by atoms with van der Waals surface area (Å²) in [5, 5.41) is 10.8. The average Bonchev–Trinajstić information content (AvgIpc) is 2.31. The van der Waals surface area contributed by atoms with Crippen LogP contribution >= 0.6 is 0 Å². The molecule has 2 heterocycles. The lowest BCUT2D eigenvalue weighted by Crippen LogP contribution is -2.41. The molecule has 0 saturated carbocycles. The van der Waals surface area contributed by atoms with E-state index in [1.807, 2.05) is 0 Å². The summed E-state index contributed by atoms with van der Waals surface area (Å²) < 4.78 is 0. The minimum absolute atomic E-state index is 0.00271. The summed E-state index contributed by atoms with van der Waals surface area (Å²) in [5.41, 5.74) is 5.64. The molecule has 2 atom stereocenters. The molecule has 0 aliphatic carbocycles. The number of nitrogen functional groups attached to an aromatic ring is 1. The number of rotatable bonds is 2. The first-order valence-corrected chi connectivity index (χ1v) is 6.16. The minimum atomic E-state index is -0.431. The van der Waals surface area contributed by atoms with Crippen molar-refractivity contribution in [3.63, 3.8) is 0 Å². The van der Waals surface area contributed by atoms with Crippen LogP contribution in [0.5, 0.6) is 0 Å². The molecule has 1 aliphatic heterocycles. The standard InChI is InChI=1S/C12H18N4O2/c1-8-3-4-9(2)15(7-8)12-6-10(16(17)18)5-11(13)14-12/h5-6,8-9H,3-4,7H2,1-2H3,(H2,13,14). The number of piperidine rings is 1. The molecule has 2 N–H and O–H groups in total. The van der Waals surface area contributed by atoms with E-state index in [4.69, 9.17) is 5.73 Å². The van der Waals surface area contributed by atoms with Crippen LogP contribution in [0.4, 0.5) is 17.3 Å². The van der Waals surface area contributed by atoms with Crippen molar-refractivity contribution in [2.24, 2.45) is 5.92 Å². The number of nitrogens with zero attached hydrogens (tertiary/aromatic N) is 3. The largest absolute Gasteiger partial charge is 0.383 e. The molecule has 1 fully saturated rings. The van der Waals surface area contributed by atoms with E-state index < -0.39 is 4.92 Å². The van der Waals surface area contributed by atoms with Crippen molar-refractivity contribution < 1.29 is 4.92 Å². The smallest absolute Gasteiger partial charge is 0.276 e. The Kier molecular flexibility index (Phi) is 3.36. The fraction of sp³-hybridized carbons (Fsp3) is 0.583. The SMILES string of the molecule is CC1CCC(C)N(c2cc([N+](=O)[O-])cc(N)n2)C1. The molecule has 2 rings (SSSR count). The summed E-state index contributed by atoms with van der Waals surface area (Å²) in [5.74, 6) is 1.38. The van der Waals surface area contributed by atoms with E-state index in [9.17, 15) is 10.1 Å². The van der Waals surface area contributed by atoms with Crippen LogP contribution in [-0.4, -0.2) is 22.5 Å². The zero-order valence-electron chi connectivity index (χ0n) is 10.7. The van der Waals surface area contributed by atoms with E-state index in [1.54, 1.807) is 0 Å². The lowest BCUT2D eigenvalue weighted by Gasteiger charge is -2.37. The van der Waals surface area contributed by atoms with E-state index in [2.05, 4.69) is 23.7 Å². The van der Waals surface area contributed by atoms with Gasteiger partial charge in [-0.3, -0.25) is 10.1 Å². The Bertz CT molecular complexity index is 463. The van der Waals surface area contributed by atoms with Gasteiger partial charge in [0.1, 0.15) is 11.6 Å². The predicted octanol–water partition coefficient (Wildman–Crippen LogP) is 2.20. The Morgan fingerprint density at radius 1 is 1.44 bits per heavy atom. The Labute approximate surface area is 106 Å². The minimum Gasteiger partial charge on any atom is -0.383 e. The number of hydrogen-bond donors (Lipinski definition) is 1. The van der Waals surface area contributed by atoms with Gasteiger partial charge in [0.15, 0.2) is 0 Å². The van der Waals surface area contributed by atoms with Gasteiger partial charge in [-0.15, -0.1) is 0 Å². The highest BCUT2D eigenvalue weighted by molar-refractivity contribution is 5.54. The number of nitro groups is 1. The molecule has 6 heteroatoms. The number of pyridine rings is 1. The van der Waals surface area contributed by atoms with Gasteiger partial charge in [-0.05, 0) is 25.7 Å². The van der Waals surface area contributed by atoms with Crippen LogP contribution in [0.3, 0.4) is 0 Å². The predicted molar refractivity (Wildman–Crippen MR) is 70.5 cm³/mol. The fourth-order valence-electron chi connectivity index (χ4n) is 2.38. The summed E-state index contributed by atoms with van der Waals surface area (Å²) in [6, 6.07) is 3.14. The van der Waals surface area contributed by atoms with Gasteiger partial charge >= 0.3 is 0 Å². The summed E-state index contributed by atoms with van der Waals surface area (Å²) in [6.07, 6.45) is 2.26. The van der Waals surface area contributed by atoms with Crippen molar-refractivity contribution in [2.45, 2.75) is 32.7 Å². The lowest BCUT2D eigenvalue weighted by molar-refractivity contribution is -0.384. The molecule has 0 bridgehead atoms. The van der Waals surface area contributed by atoms with Gasteiger partial charge in [0.25, 0.3) is 5.69 Å². The highest BCUT2D eigenvalue weighted by atomic mass is 16.6. The number of aromatic nitrogens is 1. The highest BCUT2D eigenvalue weighted by Gasteiger charge is 2.25. The van der Waals surface area contributed by atoms with Gasteiger partial charge in [0.2, 0.25) is 0 Å². The summed E-state index contributed by atoms with van der Waals surface area (Å²) >= 11 is 0. The van der Waals surface area contributed by atoms with E-state index in [0.29, 0.717) is 17.8 Å². The Hall–Kier alpha value is -1.85. The molecule has 1 aromatic heterocycles. The van der Waals surface area contributed by atoms with Crippen molar-refractivity contribution in [1.29, 1.82) is 0 Å². The van der Waals surface area contributed by atoms with E-state index in [-0.39, 0.29) is 11.5 Å². The number of nitrogens with two attached hydrogens (primary N) is 1. The molecule has 0 aromatic carbocycles. The monoisotopic (exact) mass is 250 g/mol. The van der Waals surface area contributed by atoms with Crippen molar-refractivity contribution in [1.82, 2.24) is 4.98 Å². The summed E-state index contributed by atoms with van der Waals surface area (Å²) in [4.78, 5) is 16.7. The molecule has 0 amide bonds. The maximum absolute atomic E-state index is 10.8. The van der Waals surface area contributed by atoms with Crippen LogP contribution < -0.4 is 10.6 Å². The first kappa shape index (κ1) is 12.6. The van der Waals surface area contributed by atoms with Crippen molar-refractivity contribution >= 4 is 17.3 Å². The van der Waals surface area contributed by atoms with E-state index >= 15 is 0 Å². The topological polar surface area (TPSA) is 85.3 Å². The van der Waals surface area contributed by atoms with Crippen LogP contribution in [0.15, 0.2) is 12.1 Å². The summed E-state index contributed by atoms with van der Waals surface area (Å²) in [6.45, 7) is 5.16. The van der Waals surface area contributed by atoms with Gasteiger partial charge in [-0.1, -0.05) is 6.92 Å². The van der Waals surface area contributed by atoms with Crippen molar-refractivity contribution in [3.05, 3.63) is 22.2 Å². The first-order chi connectivity index (χ1) is 8.47. The Morgan fingerprint density at radius 2 is 2.17 bits per heavy atom. The molecule has 1 aliphatic rings. The van der Waals surface area contributed by atoms with Gasteiger partial charge < -0.3 is 10.6 Å². The van der Waals surface area contributed by atoms with Gasteiger partial charge in [0, 0.05) is 12.6 Å². The molecule has 1 aromatic rings. The zero-order chi connectivity index (χ0) is 13.3. The normalized spacial score (nSPS) is 24.0. The van der Waals surface area contributed by atoms with Gasteiger partial charge in [0.05, 0.1) is 17.1 Å². The molecule has 98 valence electrons. The van der Waals surface area contributed by atoms with E-state index in [0.717, 1.165) is 13.0 Å². The average molecular weight is 250 g/mol. The van der Waals surface area contributed by atoms with Crippen LogP contribution in [0.2, 0.25) is 0 Å². The third-order valence-electron chi connectivity index (χ3n) is 3.44. The summed E-state index contributed by atoms with van der Waals surface area (Å²) in [7, 11) is 0.